The Kier molecular flexibility index (Phi) is 5.69. The molecule has 0 bridgehead atoms. The zero-order chi connectivity index (χ0) is 14.3. The molecule has 0 aliphatic carbocycles. The summed E-state index contributed by atoms with van der Waals surface area (Å²) in [4.78, 5) is 16.8. The minimum atomic E-state index is -0.782. The molecule has 0 N–H and O–H groups in total. The van der Waals surface area contributed by atoms with Crippen molar-refractivity contribution in [3.05, 3.63) is 0 Å². The van der Waals surface area contributed by atoms with E-state index >= 15 is 0 Å². The van der Waals surface area contributed by atoms with Gasteiger partial charge in [-0.05, 0) is 16.8 Å². The van der Waals surface area contributed by atoms with E-state index in [4.69, 9.17) is 19.7 Å². The quantitative estimate of drug-likeness (QED) is 0.295. The van der Waals surface area contributed by atoms with E-state index in [-0.39, 0.29) is 11.4 Å². The molecule has 0 radical (unpaired) electrons. The van der Waals surface area contributed by atoms with Crippen LogP contribution >= 0.6 is 0 Å². The minimum Gasteiger partial charge on any atom is -0.461 e. The molecule has 1 saturated heterocycles. The summed E-state index contributed by atoms with van der Waals surface area (Å²) in [5.74, 6) is -0.782. The van der Waals surface area contributed by atoms with E-state index in [1.165, 1.54) is 0 Å². The Balaban J connectivity index is 2.79. The van der Waals surface area contributed by atoms with Gasteiger partial charge in [-0.2, -0.15) is 10.2 Å². The number of hydroxylamine groups is 2. The molecule has 0 aromatic carbocycles. The van der Waals surface area contributed by atoms with Gasteiger partial charge in [-0.1, -0.05) is 0 Å². The third kappa shape index (κ3) is 3.89. The molecule has 0 saturated carbocycles. The second kappa shape index (κ2) is 7.04. The summed E-state index contributed by atoms with van der Waals surface area (Å²) < 4.78 is 10.1. The first-order valence-corrected chi connectivity index (χ1v) is 6.02. The lowest BCUT2D eigenvalue weighted by Crippen LogP contribution is -2.61. The number of hydrogen-bond donors (Lipinski definition) is 0. The van der Waals surface area contributed by atoms with E-state index in [1.54, 1.807) is 13.0 Å². The maximum Gasteiger partial charge on any atom is 0.371 e. The molecular weight excluding hydrogens is 252 g/mol. The van der Waals surface area contributed by atoms with Crippen molar-refractivity contribution in [2.75, 3.05) is 47.0 Å². The second-order valence-corrected chi connectivity index (χ2v) is 4.11. The van der Waals surface area contributed by atoms with Crippen LogP contribution in [0.1, 0.15) is 6.92 Å². The van der Waals surface area contributed by atoms with Crippen LogP contribution < -0.4 is 0 Å². The fourth-order valence-corrected chi connectivity index (χ4v) is 1.60. The summed E-state index contributed by atoms with van der Waals surface area (Å²) in [6, 6.07) is 1.67. The van der Waals surface area contributed by atoms with Gasteiger partial charge in [0.15, 0.2) is 13.1 Å². The van der Waals surface area contributed by atoms with Gasteiger partial charge in [0.1, 0.15) is 19.3 Å². The molecule has 8 heteroatoms. The van der Waals surface area contributed by atoms with Gasteiger partial charge in [0.2, 0.25) is 0 Å². The number of quaternary nitrogens is 1. The van der Waals surface area contributed by atoms with Gasteiger partial charge in [0, 0.05) is 14.1 Å². The first-order chi connectivity index (χ1) is 9.05. The number of carbonyl (C=O) groups is 1. The Morgan fingerprint density at radius 2 is 2.11 bits per heavy atom. The molecule has 8 nitrogen and oxygen atoms in total. The molecule has 0 atom stereocenters. The van der Waals surface area contributed by atoms with Gasteiger partial charge in [0.05, 0.1) is 6.61 Å². The molecule has 0 aromatic rings. The Labute approximate surface area is 112 Å². The van der Waals surface area contributed by atoms with Gasteiger partial charge in [0.25, 0.3) is 5.71 Å². The highest BCUT2D eigenvalue weighted by molar-refractivity contribution is 6.42. The standard InChI is InChI=1S/C11H19N4O4/c1-4-18-11(16)10(9-12)13-19-15(14(2)3)5-7-17-8-6-15/h4-8H2,1-3H3/q+1. The van der Waals surface area contributed by atoms with Crippen molar-refractivity contribution >= 4 is 11.7 Å². The van der Waals surface area contributed by atoms with E-state index in [1.807, 2.05) is 19.1 Å². The zero-order valence-corrected chi connectivity index (χ0v) is 11.5. The molecule has 0 unspecified atom stereocenters. The highest BCUT2D eigenvalue weighted by Gasteiger charge is 2.38. The fraction of sp³-hybridized carbons (Fsp3) is 0.727. The van der Waals surface area contributed by atoms with Gasteiger partial charge in [-0.25, -0.2) is 4.79 Å². The third-order valence-corrected chi connectivity index (χ3v) is 2.76. The topological polar surface area (TPSA) is 84.2 Å². The van der Waals surface area contributed by atoms with E-state index < -0.39 is 11.7 Å². The number of nitrogens with zero attached hydrogens (tertiary/aromatic N) is 4. The van der Waals surface area contributed by atoms with Crippen LogP contribution in [0.15, 0.2) is 5.16 Å². The maximum atomic E-state index is 11.4. The van der Waals surface area contributed by atoms with Crippen molar-refractivity contribution in [3.63, 3.8) is 0 Å². The van der Waals surface area contributed by atoms with Gasteiger partial charge in [-0.15, -0.1) is 5.01 Å². The van der Waals surface area contributed by atoms with Crippen LogP contribution in [0, 0.1) is 11.3 Å². The number of hydrogen-bond acceptors (Lipinski definition) is 7. The summed E-state index contributed by atoms with van der Waals surface area (Å²) in [6.07, 6.45) is 0. The molecule has 1 aliphatic heterocycles. The lowest BCUT2D eigenvalue weighted by molar-refractivity contribution is -1.19. The second-order valence-electron chi connectivity index (χ2n) is 4.11. The lowest BCUT2D eigenvalue weighted by Gasteiger charge is -2.38. The number of ether oxygens (including phenoxy) is 2. The monoisotopic (exact) mass is 271 g/mol. The van der Waals surface area contributed by atoms with Crippen molar-refractivity contribution in [2.45, 2.75) is 6.92 Å². The summed E-state index contributed by atoms with van der Waals surface area (Å²) >= 11 is 0. The Morgan fingerprint density at radius 3 is 2.58 bits per heavy atom. The smallest absolute Gasteiger partial charge is 0.371 e. The van der Waals surface area contributed by atoms with Crippen LogP contribution in [0.5, 0.6) is 0 Å². The molecule has 0 amide bonds. The summed E-state index contributed by atoms with van der Waals surface area (Å²) in [7, 11) is 3.66. The van der Waals surface area contributed by atoms with Crippen molar-refractivity contribution in [1.82, 2.24) is 5.01 Å². The maximum absolute atomic E-state index is 11.4. The van der Waals surface area contributed by atoms with E-state index in [9.17, 15) is 4.79 Å². The number of morpholine rings is 1. The summed E-state index contributed by atoms with van der Waals surface area (Å²) in [5, 5.41) is 14.3. The third-order valence-electron chi connectivity index (χ3n) is 2.76. The molecule has 1 rings (SSSR count). The average Bonchev–Trinajstić information content (AvgIpc) is 2.40. The van der Waals surface area contributed by atoms with E-state index in [0.717, 1.165) is 0 Å². The van der Waals surface area contributed by atoms with Crippen LogP contribution in [-0.4, -0.2) is 68.5 Å². The number of carbonyl (C=O) groups excluding carboxylic acids is 1. The Morgan fingerprint density at radius 1 is 1.47 bits per heavy atom. The SMILES string of the molecule is CCOC(=O)C(C#N)=NO[N+]1(N(C)C)CCOCC1. The average molecular weight is 271 g/mol. The highest BCUT2D eigenvalue weighted by atomic mass is 16.9. The van der Waals surface area contributed by atoms with Gasteiger partial charge < -0.3 is 9.47 Å². The van der Waals surface area contributed by atoms with E-state index in [0.29, 0.717) is 26.3 Å². The fourth-order valence-electron chi connectivity index (χ4n) is 1.60. The largest absolute Gasteiger partial charge is 0.461 e. The Bertz CT molecular complexity index is 383. The zero-order valence-electron chi connectivity index (χ0n) is 11.5. The number of esters is 1. The molecular formula is C11H19N4O4+. The molecule has 1 heterocycles. The van der Waals surface area contributed by atoms with Crippen LogP contribution in [0.4, 0.5) is 0 Å². The molecule has 1 aliphatic rings. The van der Waals surface area contributed by atoms with Gasteiger partial charge in [-0.3, -0.25) is 0 Å². The van der Waals surface area contributed by atoms with Gasteiger partial charge >= 0.3 is 5.97 Å². The number of rotatable bonds is 5. The normalized spacial score (nSPS) is 18.8. The van der Waals surface area contributed by atoms with Crippen LogP contribution in [0.25, 0.3) is 0 Å². The van der Waals surface area contributed by atoms with Crippen molar-refractivity contribution in [3.8, 4) is 6.07 Å². The molecule has 0 aromatic heterocycles. The number of nitriles is 1. The van der Waals surface area contributed by atoms with Crippen LogP contribution in [-0.2, 0) is 19.2 Å². The van der Waals surface area contributed by atoms with Crippen molar-refractivity contribution in [1.29, 1.82) is 5.26 Å². The predicted octanol–water partition coefficient (Wildman–Crippen LogP) is -0.316. The summed E-state index contributed by atoms with van der Waals surface area (Å²) in [6.45, 7) is 3.99. The first-order valence-electron chi connectivity index (χ1n) is 6.02. The van der Waals surface area contributed by atoms with Crippen LogP contribution in [0.2, 0.25) is 0 Å². The minimum absolute atomic E-state index is 0.0740. The molecule has 106 valence electrons. The molecule has 1 fully saturated rings. The number of oxime groups is 1. The lowest BCUT2D eigenvalue weighted by atomic mass is 10.4. The first kappa shape index (κ1) is 15.4. The molecule has 0 spiro atoms. The Hall–Kier alpha value is -1.69. The summed E-state index contributed by atoms with van der Waals surface area (Å²) in [5.41, 5.74) is -0.396. The highest BCUT2D eigenvalue weighted by Crippen LogP contribution is 2.15. The van der Waals surface area contributed by atoms with Crippen LogP contribution in [0.3, 0.4) is 0 Å². The van der Waals surface area contributed by atoms with Crippen molar-refractivity contribution < 1.29 is 24.0 Å². The predicted molar refractivity (Wildman–Crippen MR) is 65.3 cm³/mol. The van der Waals surface area contributed by atoms with E-state index in [2.05, 4.69) is 5.16 Å². The van der Waals surface area contributed by atoms with Crippen molar-refractivity contribution in [2.24, 2.45) is 5.16 Å². The molecule has 19 heavy (non-hydrogen) atoms.